The Kier molecular flexibility index (Phi) is 4.56. The highest BCUT2D eigenvalue weighted by atomic mass is 16.4. The van der Waals surface area contributed by atoms with E-state index in [1.165, 1.54) is 17.0 Å². The summed E-state index contributed by atoms with van der Waals surface area (Å²) in [6, 6.07) is 20.4. The number of carbonyl (C=O) groups excluding carboxylic acids is 2. The minimum Gasteiger partial charge on any atom is -0.478 e. The van der Waals surface area contributed by atoms with Gasteiger partial charge in [0.25, 0.3) is 11.8 Å². The lowest BCUT2D eigenvalue weighted by atomic mass is 9.91. The van der Waals surface area contributed by atoms with Gasteiger partial charge in [0.15, 0.2) is 0 Å². The fourth-order valence-electron chi connectivity index (χ4n) is 3.31. The lowest BCUT2D eigenvalue weighted by molar-refractivity contribution is -0.112. The van der Waals surface area contributed by atoms with Gasteiger partial charge in [-0.15, -0.1) is 0 Å². The van der Waals surface area contributed by atoms with Crippen LogP contribution in [0.3, 0.4) is 0 Å². The molecule has 1 aliphatic heterocycles. The Labute approximate surface area is 167 Å². The summed E-state index contributed by atoms with van der Waals surface area (Å²) < 4.78 is 0. The van der Waals surface area contributed by atoms with Gasteiger partial charge in [-0.1, -0.05) is 48.0 Å². The molecule has 1 aliphatic rings. The number of carboxylic acids is 1. The van der Waals surface area contributed by atoms with Crippen molar-refractivity contribution < 1.29 is 19.5 Å². The maximum absolute atomic E-state index is 13.3. The van der Waals surface area contributed by atoms with Gasteiger partial charge in [-0.3, -0.25) is 9.59 Å². The number of imide groups is 1. The largest absolute Gasteiger partial charge is 0.478 e. The van der Waals surface area contributed by atoms with Gasteiger partial charge >= 0.3 is 5.97 Å². The van der Waals surface area contributed by atoms with Gasteiger partial charge in [0.2, 0.25) is 0 Å². The predicted octanol–water partition coefficient (Wildman–Crippen LogP) is 4.42. The molecule has 0 fully saturated rings. The Hall–Kier alpha value is -3.99. The summed E-state index contributed by atoms with van der Waals surface area (Å²) in [7, 11) is 0. The number of aromatic carboxylic acids is 1. The van der Waals surface area contributed by atoms with Gasteiger partial charge in [-0.25, -0.2) is 9.69 Å². The first-order chi connectivity index (χ1) is 14.0. The quantitative estimate of drug-likeness (QED) is 0.537. The Morgan fingerprint density at radius 1 is 0.828 bits per heavy atom. The van der Waals surface area contributed by atoms with Crippen molar-refractivity contribution >= 4 is 35.1 Å². The van der Waals surface area contributed by atoms with Crippen LogP contribution in [-0.4, -0.2) is 22.9 Å². The van der Waals surface area contributed by atoms with Crippen molar-refractivity contribution in [2.45, 2.75) is 6.92 Å². The summed E-state index contributed by atoms with van der Waals surface area (Å²) >= 11 is 0. The van der Waals surface area contributed by atoms with Crippen molar-refractivity contribution in [3.05, 3.63) is 101 Å². The van der Waals surface area contributed by atoms with Crippen molar-refractivity contribution in [1.29, 1.82) is 0 Å². The summed E-state index contributed by atoms with van der Waals surface area (Å²) in [4.78, 5) is 38.6. The van der Waals surface area contributed by atoms with Crippen LogP contribution in [0.2, 0.25) is 0 Å². The normalized spacial score (nSPS) is 14.8. The molecule has 0 atom stereocenters. The highest BCUT2D eigenvalue weighted by Crippen LogP contribution is 2.33. The minimum atomic E-state index is -1.01. The van der Waals surface area contributed by atoms with Crippen molar-refractivity contribution in [3.8, 4) is 0 Å². The van der Waals surface area contributed by atoms with Gasteiger partial charge < -0.3 is 5.11 Å². The van der Waals surface area contributed by atoms with Gasteiger partial charge in [0, 0.05) is 11.1 Å². The zero-order chi connectivity index (χ0) is 20.5. The molecule has 142 valence electrons. The molecule has 0 aromatic heterocycles. The van der Waals surface area contributed by atoms with Crippen LogP contribution >= 0.6 is 0 Å². The molecule has 3 aromatic carbocycles. The maximum Gasteiger partial charge on any atom is 0.335 e. The van der Waals surface area contributed by atoms with E-state index in [1.807, 2.05) is 19.1 Å². The molecule has 1 heterocycles. The third-order valence-corrected chi connectivity index (χ3v) is 4.85. The first-order valence-electron chi connectivity index (χ1n) is 9.05. The molecule has 4 rings (SSSR count). The number of fused-ring (bicyclic) bond motifs is 1. The fourth-order valence-corrected chi connectivity index (χ4v) is 3.31. The Bertz CT molecular complexity index is 1160. The topological polar surface area (TPSA) is 74.7 Å². The van der Waals surface area contributed by atoms with E-state index in [9.17, 15) is 14.4 Å². The van der Waals surface area contributed by atoms with Crippen molar-refractivity contribution in [3.63, 3.8) is 0 Å². The second kappa shape index (κ2) is 7.20. The molecular weight excluding hydrogens is 366 g/mol. The molecule has 5 nitrogen and oxygen atoms in total. The minimum absolute atomic E-state index is 0.166. The summed E-state index contributed by atoms with van der Waals surface area (Å²) in [5.74, 6) is -1.80. The van der Waals surface area contributed by atoms with E-state index in [0.717, 1.165) is 5.56 Å². The van der Waals surface area contributed by atoms with E-state index >= 15 is 0 Å². The number of hydrogen-bond donors (Lipinski definition) is 1. The lowest BCUT2D eigenvalue weighted by Gasteiger charge is -2.28. The Balaban J connectivity index is 1.84. The molecule has 0 unspecified atom stereocenters. The van der Waals surface area contributed by atoms with Crippen LogP contribution in [0.25, 0.3) is 11.6 Å². The van der Waals surface area contributed by atoms with Crippen molar-refractivity contribution in [1.82, 2.24) is 0 Å². The molecule has 2 amide bonds. The Morgan fingerprint density at radius 2 is 1.45 bits per heavy atom. The molecule has 0 aliphatic carbocycles. The highest BCUT2D eigenvalue weighted by molar-refractivity contribution is 6.43. The molecule has 29 heavy (non-hydrogen) atoms. The summed E-state index contributed by atoms with van der Waals surface area (Å²) in [6.45, 7) is 1.94. The summed E-state index contributed by atoms with van der Waals surface area (Å²) in [6.07, 6.45) is 1.68. The molecule has 0 bridgehead atoms. The van der Waals surface area contributed by atoms with Crippen LogP contribution in [0.15, 0.2) is 72.8 Å². The van der Waals surface area contributed by atoms with Gasteiger partial charge in [0.1, 0.15) is 0 Å². The van der Waals surface area contributed by atoms with Crippen LogP contribution in [0.5, 0.6) is 0 Å². The molecule has 1 N–H and O–H groups in total. The first-order valence-corrected chi connectivity index (χ1v) is 9.05. The average molecular weight is 383 g/mol. The van der Waals surface area contributed by atoms with Crippen LogP contribution in [0.1, 0.15) is 37.4 Å². The van der Waals surface area contributed by atoms with Crippen LogP contribution < -0.4 is 4.90 Å². The lowest BCUT2D eigenvalue weighted by Crippen LogP contribution is -2.41. The molecule has 0 saturated carbocycles. The van der Waals surface area contributed by atoms with E-state index in [1.54, 1.807) is 54.6 Å². The number of hydrogen-bond acceptors (Lipinski definition) is 3. The number of amides is 2. The van der Waals surface area contributed by atoms with E-state index in [-0.39, 0.29) is 11.5 Å². The number of benzene rings is 3. The number of aryl methyl sites for hydroxylation is 1. The zero-order valence-electron chi connectivity index (χ0n) is 15.6. The van der Waals surface area contributed by atoms with Crippen LogP contribution in [0.4, 0.5) is 5.69 Å². The number of rotatable bonds is 3. The number of nitrogens with zero attached hydrogens (tertiary/aromatic N) is 1. The summed E-state index contributed by atoms with van der Waals surface area (Å²) in [5, 5.41) is 9.07. The molecular formula is C24H17NO4. The van der Waals surface area contributed by atoms with E-state index in [2.05, 4.69) is 0 Å². The monoisotopic (exact) mass is 383 g/mol. The molecule has 5 heteroatoms. The van der Waals surface area contributed by atoms with E-state index in [4.69, 9.17) is 5.11 Å². The second-order valence-corrected chi connectivity index (χ2v) is 6.81. The number of carboxylic acid groups (broad SMARTS) is 1. The maximum atomic E-state index is 13.3. The third kappa shape index (κ3) is 3.34. The second-order valence-electron chi connectivity index (χ2n) is 6.81. The molecule has 0 radical (unpaired) electrons. The molecule has 0 saturated heterocycles. The van der Waals surface area contributed by atoms with Gasteiger partial charge in [0.05, 0.1) is 11.3 Å². The summed E-state index contributed by atoms with van der Waals surface area (Å²) in [5.41, 5.74) is 3.76. The zero-order valence-corrected chi connectivity index (χ0v) is 15.6. The molecule has 0 spiro atoms. The Morgan fingerprint density at radius 3 is 2.07 bits per heavy atom. The number of carbonyl (C=O) groups is 3. The van der Waals surface area contributed by atoms with E-state index < -0.39 is 11.9 Å². The SMILES string of the molecule is Cc1ccc(N2C(=O)/C(=C/c3ccc(C(=O)O)cc3)c3ccccc3C2=O)cc1. The number of anilines is 1. The van der Waals surface area contributed by atoms with Crippen molar-refractivity contribution in [2.24, 2.45) is 0 Å². The fraction of sp³-hybridized carbons (Fsp3) is 0.0417. The first kappa shape index (κ1) is 18.4. The van der Waals surface area contributed by atoms with Gasteiger partial charge in [-0.2, -0.15) is 0 Å². The van der Waals surface area contributed by atoms with Crippen LogP contribution in [0, 0.1) is 6.92 Å². The average Bonchev–Trinajstić information content (AvgIpc) is 2.73. The van der Waals surface area contributed by atoms with Gasteiger partial charge in [-0.05, 0) is 54.5 Å². The third-order valence-electron chi connectivity index (χ3n) is 4.85. The standard InChI is InChI=1S/C24H17NO4/c1-15-6-12-18(13-7-15)25-22(26)20-5-3-2-4-19(20)21(23(25)27)14-16-8-10-17(11-9-16)24(28)29/h2-14H,1H3,(H,28,29)/b21-14+. The van der Waals surface area contributed by atoms with Crippen LogP contribution in [-0.2, 0) is 4.79 Å². The highest BCUT2D eigenvalue weighted by Gasteiger charge is 2.35. The molecule has 3 aromatic rings. The van der Waals surface area contributed by atoms with Crippen molar-refractivity contribution in [2.75, 3.05) is 4.90 Å². The predicted molar refractivity (Wildman–Crippen MR) is 111 cm³/mol. The van der Waals surface area contributed by atoms with E-state index in [0.29, 0.717) is 28.0 Å². The smallest absolute Gasteiger partial charge is 0.335 e.